The van der Waals surface area contributed by atoms with Crippen LogP contribution in [0.3, 0.4) is 0 Å². The summed E-state index contributed by atoms with van der Waals surface area (Å²) in [6.07, 6.45) is 1.62. The normalized spacial score (nSPS) is 11.3. The van der Waals surface area contributed by atoms with Crippen molar-refractivity contribution in [2.75, 3.05) is 7.11 Å². The van der Waals surface area contributed by atoms with Crippen molar-refractivity contribution < 1.29 is 14.0 Å². The van der Waals surface area contributed by atoms with Gasteiger partial charge in [0, 0.05) is 5.56 Å². The van der Waals surface area contributed by atoms with Gasteiger partial charge in [-0.1, -0.05) is 47.6 Å². The second-order valence-corrected chi connectivity index (χ2v) is 5.31. The van der Waals surface area contributed by atoms with Crippen LogP contribution in [-0.2, 0) is 11.4 Å². The van der Waals surface area contributed by atoms with Crippen molar-refractivity contribution in [3.63, 3.8) is 0 Å². The minimum absolute atomic E-state index is 0.435. The van der Waals surface area contributed by atoms with Gasteiger partial charge in [0.2, 0.25) is 0 Å². The first-order chi connectivity index (χ1) is 11.8. The van der Waals surface area contributed by atoms with E-state index in [0.29, 0.717) is 18.1 Å². The molecule has 3 aromatic rings. The first kappa shape index (κ1) is 15.9. The summed E-state index contributed by atoms with van der Waals surface area (Å²) in [5, 5.41) is 4.14. The fraction of sp³-hybridized carbons (Fsp3) is 0.150. The van der Waals surface area contributed by atoms with Gasteiger partial charge in [0.05, 0.1) is 6.26 Å². The van der Waals surface area contributed by atoms with E-state index in [4.69, 9.17) is 14.0 Å². The summed E-state index contributed by atoms with van der Waals surface area (Å²) in [6, 6.07) is 19.6. The molecule has 0 aliphatic heterocycles. The molecule has 0 aliphatic rings. The highest BCUT2D eigenvalue weighted by Crippen LogP contribution is 2.21. The van der Waals surface area contributed by atoms with Crippen LogP contribution in [0.25, 0.3) is 0 Å². The van der Waals surface area contributed by atoms with Gasteiger partial charge in [0.15, 0.2) is 11.5 Å². The van der Waals surface area contributed by atoms with Gasteiger partial charge in [-0.05, 0) is 36.2 Å². The lowest BCUT2D eigenvalue weighted by atomic mass is 10.0. The van der Waals surface area contributed by atoms with Crippen molar-refractivity contribution >= 4 is 5.71 Å². The van der Waals surface area contributed by atoms with Gasteiger partial charge in [-0.3, -0.25) is 0 Å². The molecule has 3 rings (SSSR count). The van der Waals surface area contributed by atoms with E-state index in [9.17, 15) is 0 Å². The Hall–Kier alpha value is -3.01. The molecule has 0 saturated carbocycles. The molecule has 4 heteroatoms. The summed E-state index contributed by atoms with van der Waals surface area (Å²) >= 11 is 0. The van der Waals surface area contributed by atoms with Crippen LogP contribution in [0.15, 0.2) is 76.5 Å². The van der Waals surface area contributed by atoms with Crippen molar-refractivity contribution in [2.45, 2.75) is 13.5 Å². The monoisotopic (exact) mass is 321 g/mol. The van der Waals surface area contributed by atoms with E-state index in [1.807, 2.05) is 67.6 Å². The zero-order chi connectivity index (χ0) is 16.8. The van der Waals surface area contributed by atoms with Crippen LogP contribution in [0.5, 0.6) is 5.75 Å². The fourth-order valence-electron chi connectivity index (χ4n) is 2.48. The Morgan fingerprint density at radius 3 is 2.54 bits per heavy atom. The Balaban J connectivity index is 1.90. The second kappa shape index (κ2) is 7.51. The third kappa shape index (κ3) is 3.49. The Labute approximate surface area is 141 Å². The average molecular weight is 321 g/mol. The maximum atomic E-state index is 5.98. The predicted octanol–water partition coefficient (Wildman–Crippen LogP) is 4.57. The minimum Gasteiger partial charge on any atom is -0.489 e. The molecule has 0 amide bonds. The minimum atomic E-state index is 0.435. The van der Waals surface area contributed by atoms with Gasteiger partial charge in [-0.15, -0.1) is 0 Å². The van der Waals surface area contributed by atoms with Crippen molar-refractivity contribution in [3.05, 3.63) is 89.4 Å². The number of benzene rings is 2. The molecular formula is C20H19NO3. The Bertz CT molecular complexity index is 822. The average Bonchev–Trinajstić information content (AvgIpc) is 3.14. The number of oxime groups is 1. The molecule has 0 saturated heterocycles. The Morgan fingerprint density at radius 2 is 1.79 bits per heavy atom. The Morgan fingerprint density at radius 1 is 1.00 bits per heavy atom. The number of furan rings is 1. The summed E-state index contributed by atoms with van der Waals surface area (Å²) in [6.45, 7) is 2.46. The maximum absolute atomic E-state index is 5.98. The molecule has 0 fully saturated rings. The van der Waals surface area contributed by atoms with E-state index in [2.05, 4.69) is 5.16 Å². The zero-order valence-corrected chi connectivity index (χ0v) is 13.7. The van der Waals surface area contributed by atoms with Gasteiger partial charge >= 0.3 is 0 Å². The highest BCUT2D eigenvalue weighted by Gasteiger charge is 2.15. The summed E-state index contributed by atoms with van der Waals surface area (Å²) in [5.41, 5.74) is 3.68. The summed E-state index contributed by atoms with van der Waals surface area (Å²) in [5.74, 6) is 1.52. The molecule has 0 radical (unpaired) electrons. The summed E-state index contributed by atoms with van der Waals surface area (Å²) in [4.78, 5) is 5.01. The van der Waals surface area contributed by atoms with Crippen LogP contribution in [0.2, 0.25) is 0 Å². The van der Waals surface area contributed by atoms with Crippen molar-refractivity contribution in [3.8, 4) is 5.75 Å². The summed E-state index contributed by atoms with van der Waals surface area (Å²) < 4.78 is 11.5. The molecule has 0 bridgehead atoms. The van der Waals surface area contributed by atoms with Gasteiger partial charge in [-0.2, -0.15) is 0 Å². The fourth-order valence-corrected chi connectivity index (χ4v) is 2.48. The number of hydrogen-bond donors (Lipinski definition) is 0. The molecule has 122 valence electrons. The smallest absolute Gasteiger partial charge is 0.156 e. The third-order valence-corrected chi connectivity index (χ3v) is 3.69. The highest BCUT2D eigenvalue weighted by molar-refractivity contribution is 6.11. The van der Waals surface area contributed by atoms with Crippen LogP contribution in [0, 0.1) is 6.92 Å². The van der Waals surface area contributed by atoms with Crippen LogP contribution in [0.4, 0.5) is 0 Å². The molecule has 0 unspecified atom stereocenters. The van der Waals surface area contributed by atoms with Crippen LogP contribution >= 0.6 is 0 Å². The zero-order valence-electron chi connectivity index (χ0n) is 13.7. The number of rotatable bonds is 6. The van der Waals surface area contributed by atoms with Gasteiger partial charge < -0.3 is 14.0 Å². The van der Waals surface area contributed by atoms with Crippen molar-refractivity contribution in [1.82, 2.24) is 0 Å². The van der Waals surface area contributed by atoms with E-state index in [-0.39, 0.29) is 0 Å². The van der Waals surface area contributed by atoms with Gasteiger partial charge in [0.1, 0.15) is 19.5 Å². The summed E-state index contributed by atoms with van der Waals surface area (Å²) in [7, 11) is 1.52. The van der Waals surface area contributed by atoms with E-state index < -0.39 is 0 Å². The number of ether oxygens (including phenoxy) is 1. The number of hydrogen-bond acceptors (Lipinski definition) is 4. The standard InChI is InChI=1S/C20H19NO3/c1-15-8-3-6-11-18(15)24-14-16-9-4-5-10-17(16)20(21-22-2)19-12-7-13-23-19/h3-13H,14H2,1-2H3/b21-20+. The molecule has 0 atom stereocenters. The quantitative estimate of drug-likeness (QED) is 0.493. The topological polar surface area (TPSA) is 44.0 Å². The number of para-hydroxylation sites is 1. The first-order valence-electron chi connectivity index (χ1n) is 7.71. The van der Waals surface area contributed by atoms with E-state index in [1.54, 1.807) is 6.26 Å². The molecule has 0 spiro atoms. The van der Waals surface area contributed by atoms with Crippen LogP contribution < -0.4 is 4.74 Å². The molecule has 2 aromatic carbocycles. The van der Waals surface area contributed by atoms with E-state index in [1.165, 1.54) is 7.11 Å². The van der Waals surface area contributed by atoms with Crippen LogP contribution in [0.1, 0.15) is 22.5 Å². The lowest BCUT2D eigenvalue weighted by Gasteiger charge is -2.13. The lowest BCUT2D eigenvalue weighted by molar-refractivity contribution is 0.213. The van der Waals surface area contributed by atoms with Crippen molar-refractivity contribution in [1.29, 1.82) is 0 Å². The van der Waals surface area contributed by atoms with Crippen LogP contribution in [-0.4, -0.2) is 12.8 Å². The van der Waals surface area contributed by atoms with E-state index in [0.717, 1.165) is 22.4 Å². The molecule has 0 N–H and O–H groups in total. The predicted molar refractivity (Wildman–Crippen MR) is 93.3 cm³/mol. The maximum Gasteiger partial charge on any atom is 0.156 e. The second-order valence-electron chi connectivity index (χ2n) is 5.31. The largest absolute Gasteiger partial charge is 0.489 e. The third-order valence-electron chi connectivity index (χ3n) is 3.69. The molecule has 1 heterocycles. The van der Waals surface area contributed by atoms with Crippen molar-refractivity contribution in [2.24, 2.45) is 5.16 Å². The molecule has 24 heavy (non-hydrogen) atoms. The number of aryl methyl sites for hydroxylation is 1. The lowest BCUT2D eigenvalue weighted by Crippen LogP contribution is -2.09. The first-order valence-corrected chi connectivity index (χ1v) is 7.71. The molecule has 4 nitrogen and oxygen atoms in total. The Kier molecular flexibility index (Phi) is 4.96. The van der Waals surface area contributed by atoms with Gasteiger partial charge in [0.25, 0.3) is 0 Å². The SMILES string of the molecule is CO/N=C(/c1ccco1)c1ccccc1COc1ccccc1C. The highest BCUT2D eigenvalue weighted by atomic mass is 16.6. The molecular weight excluding hydrogens is 302 g/mol. The number of nitrogens with zero attached hydrogens (tertiary/aromatic N) is 1. The molecule has 0 aliphatic carbocycles. The molecule has 1 aromatic heterocycles. The van der Waals surface area contributed by atoms with E-state index >= 15 is 0 Å². The van der Waals surface area contributed by atoms with Gasteiger partial charge in [-0.25, -0.2) is 0 Å².